The van der Waals surface area contributed by atoms with Crippen molar-refractivity contribution in [1.82, 2.24) is 5.32 Å². The van der Waals surface area contributed by atoms with E-state index >= 15 is 0 Å². The molecule has 2 rings (SSSR count). The van der Waals surface area contributed by atoms with Gasteiger partial charge in [-0.05, 0) is 31.2 Å². The zero-order chi connectivity index (χ0) is 12.3. The Hall–Kier alpha value is -1.45. The van der Waals surface area contributed by atoms with Gasteiger partial charge in [0.15, 0.2) is 0 Å². The van der Waals surface area contributed by atoms with Crippen LogP contribution in [0.25, 0.3) is 0 Å². The lowest BCUT2D eigenvalue weighted by atomic mass is 10.2. The molecule has 4 heteroatoms. The Bertz CT molecular complexity index is 488. The number of furan rings is 1. The maximum Gasteiger partial charge on any atom is 0.121 e. The first-order chi connectivity index (χ1) is 8.16. The van der Waals surface area contributed by atoms with Gasteiger partial charge in [-0.3, -0.25) is 0 Å². The molecule has 17 heavy (non-hydrogen) atoms. The summed E-state index contributed by atoms with van der Waals surface area (Å²) >= 11 is 5.99. The third-order valence-electron chi connectivity index (χ3n) is 2.49. The van der Waals surface area contributed by atoms with E-state index in [9.17, 15) is 5.11 Å². The van der Waals surface area contributed by atoms with Crippen LogP contribution >= 0.6 is 11.6 Å². The van der Waals surface area contributed by atoms with E-state index < -0.39 is 0 Å². The summed E-state index contributed by atoms with van der Waals surface area (Å²) < 4.78 is 5.42. The molecule has 0 saturated carbocycles. The summed E-state index contributed by atoms with van der Waals surface area (Å²) in [5, 5.41) is 13.4. The minimum atomic E-state index is 0.209. The van der Waals surface area contributed by atoms with Gasteiger partial charge < -0.3 is 14.8 Å². The van der Waals surface area contributed by atoms with Crippen molar-refractivity contribution >= 4 is 11.6 Å². The molecule has 2 N–H and O–H groups in total. The average molecular weight is 252 g/mol. The van der Waals surface area contributed by atoms with E-state index in [1.807, 2.05) is 19.1 Å². The van der Waals surface area contributed by atoms with Gasteiger partial charge in [-0.1, -0.05) is 17.7 Å². The number of aromatic hydroxyl groups is 1. The Morgan fingerprint density at radius 1 is 1.24 bits per heavy atom. The predicted molar refractivity (Wildman–Crippen MR) is 67.1 cm³/mol. The maximum atomic E-state index is 9.64. The normalized spacial score (nSPS) is 10.7. The monoisotopic (exact) mass is 251 g/mol. The number of phenols is 1. The van der Waals surface area contributed by atoms with Crippen molar-refractivity contribution in [3.63, 3.8) is 0 Å². The van der Waals surface area contributed by atoms with Crippen molar-refractivity contribution in [2.24, 2.45) is 0 Å². The zero-order valence-electron chi connectivity index (χ0n) is 9.53. The van der Waals surface area contributed by atoms with Crippen molar-refractivity contribution in [3.05, 3.63) is 52.4 Å². The predicted octanol–water partition coefficient (Wildman–Crippen LogP) is 3.24. The SMILES string of the molecule is Cc1ccc(CNCc2c(O)cccc2Cl)o1. The van der Waals surface area contributed by atoms with Crippen LogP contribution in [0, 0.1) is 6.92 Å². The van der Waals surface area contributed by atoms with Crippen LogP contribution in [-0.4, -0.2) is 5.11 Å². The fourth-order valence-electron chi connectivity index (χ4n) is 1.61. The topological polar surface area (TPSA) is 45.4 Å². The number of nitrogens with one attached hydrogen (secondary N) is 1. The molecule has 0 spiro atoms. The van der Waals surface area contributed by atoms with Crippen LogP contribution in [0.1, 0.15) is 17.1 Å². The lowest BCUT2D eigenvalue weighted by Crippen LogP contribution is -2.12. The molecule has 0 aliphatic rings. The molecular weight excluding hydrogens is 238 g/mol. The molecule has 1 heterocycles. The number of benzene rings is 1. The lowest BCUT2D eigenvalue weighted by Gasteiger charge is -2.07. The van der Waals surface area contributed by atoms with Crippen LogP contribution in [0.3, 0.4) is 0 Å². The minimum absolute atomic E-state index is 0.209. The fraction of sp³-hybridized carbons (Fsp3) is 0.231. The van der Waals surface area contributed by atoms with Gasteiger partial charge >= 0.3 is 0 Å². The second-order valence-electron chi connectivity index (χ2n) is 3.85. The van der Waals surface area contributed by atoms with Crippen molar-refractivity contribution in [2.75, 3.05) is 0 Å². The van der Waals surface area contributed by atoms with E-state index in [1.165, 1.54) is 0 Å². The first kappa shape index (κ1) is 12.0. The Morgan fingerprint density at radius 2 is 2.06 bits per heavy atom. The number of rotatable bonds is 4. The molecule has 1 aromatic carbocycles. The van der Waals surface area contributed by atoms with Gasteiger partial charge in [0.2, 0.25) is 0 Å². The Kier molecular flexibility index (Phi) is 3.71. The van der Waals surface area contributed by atoms with E-state index in [1.54, 1.807) is 18.2 Å². The number of halogens is 1. The smallest absolute Gasteiger partial charge is 0.121 e. The van der Waals surface area contributed by atoms with Gasteiger partial charge in [-0.25, -0.2) is 0 Å². The van der Waals surface area contributed by atoms with Gasteiger partial charge in [0.1, 0.15) is 17.3 Å². The van der Waals surface area contributed by atoms with Crippen molar-refractivity contribution in [3.8, 4) is 5.75 Å². The van der Waals surface area contributed by atoms with Gasteiger partial charge in [0.25, 0.3) is 0 Å². The highest BCUT2D eigenvalue weighted by Gasteiger charge is 2.05. The first-order valence-electron chi connectivity index (χ1n) is 5.39. The number of hydrogen-bond donors (Lipinski definition) is 2. The van der Waals surface area contributed by atoms with Gasteiger partial charge in [-0.15, -0.1) is 0 Å². The Balaban J connectivity index is 1.94. The van der Waals surface area contributed by atoms with Crippen molar-refractivity contribution < 1.29 is 9.52 Å². The van der Waals surface area contributed by atoms with Crippen LogP contribution in [0.5, 0.6) is 5.75 Å². The molecule has 0 aliphatic carbocycles. The molecule has 0 unspecified atom stereocenters. The summed E-state index contributed by atoms with van der Waals surface area (Å²) in [4.78, 5) is 0. The summed E-state index contributed by atoms with van der Waals surface area (Å²) in [5.41, 5.74) is 0.706. The lowest BCUT2D eigenvalue weighted by molar-refractivity contribution is 0.449. The molecule has 3 nitrogen and oxygen atoms in total. The summed E-state index contributed by atoms with van der Waals surface area (Å²) in [6.07, 6.45) is 0. The van der Waals surface area contributed by atoms with Crippen LogP contribution in [-0.2, 0) is 13.1 Å². The molecular formula is C13H14ClNO2. The summed E-state index contributed by atoms with van der Waals surface area (Å²) in [5.74, 6) is 1.97. The van der Waals surface area contributed by atoms with Gasteiger partial charge in [-0.2, -0.15) is 0 Å². The highest BCUT2D eigenvalue weighted by molar-refractivity contribution is 6.31. The molecule has 2 aromatic rings. The highest BCUT2D eigenvalue weighted by Crippen LogP contribution is 2.24. The van der Waals surface area contributed by atoms with E-state index in [-0.39, 0.29) is 5.75 Å². The second kappa shape index (κ2) is 5.25. The van der Waals surface area contributed by atoms with Crippen LogP contribution in [0.4, 0.5) is 0 Å². The van der Waals surface area contributed by atoms with Crippen LogP contribution in [0.2, 0.25) is 5.02 Å². The van der Waals surface area contributed by atoms with Crippen molar-refractivity contribution in [2.45, 2.75) is 20.0 Å². The molecule has 0 atom stereocenters. The number of aryl methyl sites for hydroxylation is 1. The number of hydrogen-bond acceptors (Lipinski definition) is 3. The average Bonchev–Trinajstić information content (AvgIpc) is 2.69. The van der Waals surface area contributed by atoms with E-state index in [0.29, 0.717) is 23.7 Å². The third-order valence-corrected chi connectivity index (χ3v) is 2.85. The molecule has 0 fully saturated rings. The summed E-state index contributed by atoms with van der Waals surface area (Å²) in [7, 11) is 0. The molecule has 0 saturated heterocycles. The van der Waals surface area contributed by atoms with E-state index in [2.05, 4.69) is 5.32 Å². The largest absolute Gasteiger partial charge is 0.508 e. The molecule has 0 aliphatic heterocycles. The standard InChI is InChI=1S/C13H14ClNO2/c1-9-5-6-10(17-9)7-15-8-11-12(14)3-2-4-13(11)16/h2-6,15-16H,7-8H2,1H3. The Morgan fingerprint density at radius 3 is 2.71 bits per heavy atom. The summed E-state index contributed by atoms with van der Waals surface area (Å²) in [6.45, 7) is 3.02. The van der Waals surface area contributed by atoms with Crippen LogP contribution < -0.4 is 5.32 Å². The molecule has 1 aromatic heterocycles. The molecule has 0 radical (unpaired) electrons. The van der Waals surface area contributed by atoms with Crippen molar-refractivity contribution in [1.29, 1.82) is 0 Å². The van der Waals surface area contributed by atoms with Gasteiger partial charge in [0, 0.05) is 17.1 Å². The second-order valence-corrected chi connectivity index (χ2v) is 4.26. The molecule has 0 amide bonds. The highest BCUT2D eigenvalue weighted by atomic mass is 35.5. The quantitative estimate of drug-likeness (QED) is 0.877. The van der Waals surface area contributed by atoms with Gasteiger partial charge in [0.05, 0.1) is 6.54 Å². The third kappa shape index (κ3) is 3.02. The maximum absolute atomic E-state index is 9.64. The molecule has 90 valence electrons. The van der Waals surface area contributed by atoms with E-state index in [0.717, 1.165) is 11.5 Å². The Labute approximate surface area is 105 Å². The minimum Gasteiger partial charge on any atom is -0.508 e. The zero-order valence-corrected chi connectivity index (χ0v) is 10.3. The van der Waals surface area contributed by atoms with E-state index in [4.69, 9.17) is 16.0 Å². The summed E-state index contributed by atoms with van der Waals surface area (Å²) in [6, 6.07) is 8.95. The first-order valence-corrected chi connectivity index (χ1v) is 5.77. The molecule has 0 bridgehead atoms. The fourth-order valence-corrected chi connectivity index (χ4v) is 1.85. The van der Waals surface area contributed by atoms with Crippen LogP contribution in [0.15, 0.2) is 34.7 Å². The number of phenolic OH excluding ortho intramolecular Hbond substituents is 1.